The third-order valence-corrected chi connectivity index (χ3v) is 4.24. The molecule has 0 rings (SSSR count). The van der Waals surface area contributed by atoms with Gasteiger partial charge in [0.05, 0.1) is 19.8 Å². The van der Waals surface area contributed by atoms with E-state index in [-0.39, 0.29) is 11.9 Å². The van der Waals surface area contributed by atoms with Crippen molar-refractivity contribution in [2.75, 3.05) is 33.9 Å². The molecule has 0 saturated carbocycles. The normalized spacial score (nSPS) is 10.9. The fraction of sp³-hybridized carbons (Fsp3) is 0.905. The van der Waals surface area contributed by atoms with Gasteiger partial charge >= 0.3 is 11.9 Å². The van der Waals surface area contributed by atoms with Crippen LogP contribution in [0.2, 0.25) is 0 Å². The van der Waals surface area contributed by atoms with Gasteiger partial charge in [0, 0.05) is 6.42 Å². The van der Waals surface area contributed by atoms with Crippen molar-refractivity contribution in [3.63, 3.8) is 0 Å². The summed E-state index contributed by atoms with van der Waals surface area (Å²) in [6, 6.07) is 0. The van der Waals surface area contributed by atoms with E-state index in [1.54, 1.807) is 4.90 Å². The number of rotatable bonds is 18. The molecule has 0 bridgehead atoms. The Morgan fingerprint density at radius 1 is 0.654 bits per heavy atom. The summed E-state index contributed by atoms with van der Waals surface area (Å²) in [5, 5.41) is 0. The van der Waals surface area contributed by atoms with Crippen molar-refractivity contribution >= 4 is 11.9 Å². The van der Waals surface area contributed by atoms with Crippen molar-refractivity contribution < 1.29 is 19.1 Å². The van der Waals surface area contributed by atoms with Crippen molar-refractivity contribution in [2.45, 2.75) is 90.4 Å². The van der Waals surface area contributed by atoms with Crippen molar-refractivity contribution in [1.82, 2.24) is 4.90 Å². The Balaban J connectivity index is 3.26. The van der Waals surface area contributed by atoms with Gasteiger partial charge in [-0.2, -0.15) is 0 Å². The van der Waals surface area contributed by atoms with Gasteiger partial charge < -0.3 is 9.47 Å². The van der Waals surface area contributed by atoms with Gasteiger partial charge in [0.25, 0.3) is 0 Å². The Morgan fingerprint density at radius 2 is 1.12 bits per heavy atom. The molecule has 5 heteroatoms. The van der Waals surface area contributed by atoms with E-state index in [9.17, 15) is 9.59 Å². The topological polar surface area (TPSA) is 55.8 Å². The molecule has 5 nitrogen and oxygen atoms in total. The molecular formula is C21H41NO4. The second-order valence-electron chi connectivity index (χ2n) is 7.32. The van der Waals surface area contributed by atoms with Gasteiger partial charge in [0.1, 0.15) is 0 Å². The molecule has 0 heterocycles. The lowest BCUT2D eigenvalue weighted by atomic mass is 10.1. The highest BCUT2D eigenvalue weighted by molar-refractivity contribution is 5.71. The van der Waals surface area contributed by atoms with Gasteiger partial charge in [-0.15, -0.1) is 0 Å². The number of carbonyl (C=O) groups excluding carboxylic acids is 2. The molecule has 0 spiro atoms. The summed E-state index contributed by atoms with van der Waals surface area (Å²) < 4.78 is 10.3. The predicted octanol–water partition coefficient (Wildman–Crippen LogP) is 4.73. The minimum atomic E-state index is -0.224. The molecule has 26 heavy (non-hydrogen) atoms. The van der Waals surface area contributed by atoms with E-state index in [4.69, 9.17) is 9.47 Å². The van der Waals surface area contributed by atoms with Gasteiger partial charge in [-0.25, -0.2) is 0 Å². The summed E-state index contributed by atoms with van der Waals surface area (Å²) in [6.07, 6.45) is 14.6. The van der Waals surface area contributed by atoms with E-state index in [2.05, 4.69) is 6.92 Å². The molecule has 0 fully saturated rings. The van der Waals surface area contributed by atoms with Crippen LogP contribution in [0, 0.1) is 0 Å². The monoisotopic (exact) mass is 371 g/mol. The van der Waals surface area contributed by atoms with Gasteiger partial charge in [0.2, 0.25) is 0 Å². The van der Waals surface area contributed by atoms with E-state index in [0.29, 0.717) is 39.0 Å². The molecule has 154 valence electrons. The average molecular weight is 372 g/mol. The summed E-state index contributed by atoms with van der Waals surface area (Å²) in [6.45, 7) is 3.45. The van der Waals surface area contributed by atoms with Crippen molar-refractivity contribution in [3.05, 3.63) is 0 Å². The number of ether oxygens (including phenoxy) is 2. The third kappa shape index (κ3) is 19.2. The molecule has 0 N–H and O–H groups in total. The molecule has 0 saturated heterocycles. The van der Waals surface area contributed by atoms with Crippen LogP contribution < -0.4 is 0 Å². The number of carbonyl (C=O) groups is 2. The zero-order valence-electron chi connectivity index (χ0n) is 17.4. The molecule has 0 atom stereocenters. The number of likely N-dealkylation sites (N-methyl/N-ethyl adjacent to an activating group) is 1. The van der Waals surface area contributed by atoms with E-state index >= 15 is 0 Å². The van der Waals surface area contributed by atoms with Gasteiger partial charge in [0.15, 0.2) is 0 Å². The first-order chi connectivity index (χ1) is 12.6. The Hall–Kier alpha value is -1.10. The minimum Gasteiger partial charge on any atom is -0.466 e. The van der Waals surface area contributed by atoms with Crippen LogP contribution in [0.25, 0.3) is 0 Å². The second kappa shape index (κ2) is 18.7. The smallest absolute Gasteiger partial charge is 0.320 e. The molecule has 0 aromatic rings. The van der Waals surface area contributed by atoms with Crippen molar-refractivity contribution in [3.8, 4) is 0 Å². The van der Waals surface area contributed by atoms with E-state index in [1.165, 1.54) is 51.4 Å². The first-order valence-corrected chi connectivity index (χ1v) is 10.5. The third-order valence-electron chi connectivity index (χ3n) is 4.24. The molecule has 0 unspecified atom stereocenters. The summed E-state index contributed by atoms with van der Waals surface area (Å²) in [5.74, 6) is -0.362. The summed E-state index contributed by atoms with van der Waals surface area (Å²) in [7, 11) is 3.65. The highest BCUT2D eigenvalue weighted by Gasteiger charge is 2.05. The van der Waals surface area contributed by atoms with Crippen LogP contribution in [-0.4, -0.2) is 50.7 Å². The number of hydrogen-bond donors (Lipinski definition) is 0. The fourth-order valence-corrected chi connectivity index (χ4v) is 2.71. The molecule has 0 radical (unpaired) electrons. The maximum absolute atomic E-state index is 11.6. The number of unbranched alkanes of at least 4 members (excludes halogenated alkanes) is 10. The van der Waals surface area contributed by atoms with Gasteiger partial charge in [-0.1, -0.05) is 64.7 Å². The van der Waals surface area contributed by atoms with Gasteiger partial charge in [-0.05, 0) is 33.4 Å². The molecule has 0 aromatic carbocycles. The maximum atomic E-state index is 11.6. The second-order valence-corrected chi connectivity index (χ2v) is 7.32. The molecule has 0 aliphatic heterocycles. The van der Waals surface area contributed by atoms with Gasteiger partial charge in [-0.3, -0.25) is 14.5 Å². The van der Waals surface area contributed by atoms with Crippen molar-refractivity contribution in [2.24, 2.45) is 0 Å². The zero-order chi connectivity index (χ0) is 19.5. The number of nitrogens with zero attached hydrogens (tertiary/aromatic N) is 1. The van der Waals surface area contributed by atoms with Crippen LogP contribution in [0.1, 0.15) is 90.4 Å². The SMILES string of the molecule is CCCCCCCCCCCCOC(=O)CCCCOC(=O)CN(C)C. The molecular weight excluding hydrogens is 330 g/mol. The molecule has 0 amide bonds. The van der Waals surface area contributed by atoms with Crippen molar-refractivity contribution in [1.29, 1.82) is 0 Å². The lowest BCUT2D eigenvalue weighted by molar-refractivity contribution is -0.144. The van der Waals surface area contributed by atoms with E-state index < -0.39 is 0 Å². The van der Waals surface area contributed by atoms with Crippen LogP contribution >= 0.6 is 0 Å². The summed E-state index contributed by atoms with van der Waals surface area (Å²) in [5.41, 5.74) is 0. The largest absolute Gasteiger partial charge is 0.466 e. The average Bonchev–Trinajstić information content (AvgIpc) is 2.58. The maximum Gasteiger partial charge on any atom is 0.320 e. The zero-order valence-corrected chi connectivity index (χ0v) is 17.4. The lowest BCUT2D eigenvalue weighted by Crippen LogP contribution is -2.23. The van der Waals surface area contributed by atoms with Crippen LogP contribution in [0.4, 0.5) is 0 Å². The van der Waals surface area contributed by atoms with E-state index in [1.807, 2.05) is 14.1 Å². The minimum absolute atomic E-state index is 0.138. The van der Waals surface area contributed by atoms with Crippen LogP contribution in [0.5, 0.6) is 0 Å². The molecule has 0 aromatic heterocycles. The number of hydrogen-bond acceptors (Lipinski definition) is 5. The van der Waals surface area contributed by atoms with Crippen LogP contribution in [0.15, 0.2) is 0 Å². The van der Waals surface area contributed by atoms with Crippen LogP contribution in [-0.2, 0) is 19.1 Å². The highest BCUT2D eigenvalue weighted by atomic mass is 16.5. The standard InChI is InChI=1S/C21H41NO4/c1-4-5-6-7-8-9-10-11-12-14-17-25-20(23)16-13-15-18-26-21(24)19-22(2)3/h4-19H2,1-3H3. The number of esters is 2. The molecule has 0 aliphatic rings. The highest BCUT2D eigenvalue weighted by Crippen LogP contribution is 2.10. The quantitative estimate of drug-likeness (QED) is 0.258. The van der Waals surface area contributed by atoms with E-state index in [0.717, 1.165) is 12.8 Å². The summed E-state index contributed by atoms with van der Waals surface area (Å²) in [4.78, 5) is 24.7. The Kier molecular flexibility index (Phi) is 17.9. The predicted molar refractivity (Wildman–Crippen MR) is 106 cm³/mol. The lowest BCUT2D eigenvalue weighted by Gasteiger charge is -2.09. The molecule has 0 aliphatic carbocycles. The Morgan fingerprint density at radius 3 is 1.65 bits per heavy atom. The Bertz CT molecular complexity index is 345. The first-order valence-electron chi connectivity index (χ1n) is 10.5. The summed E-state index contributed by atoms with van der Waals surface area (Å²) >= 11 is 0. The Labute approximate surface area is 160 Å². The fourth-order valence-electron chi connectivity index (χ4n) is 2.71. The first kappa shape index (κ1) is 24.9. The van der Waals surface area contributed by atoms with Crippen LogP contribution in [0.3, 0.4) is 0 Å².